The van der Waals surface area contributed by atoms with Crippen LogP contribution in [-0.2, 0) is 0 Å². The Morgan fingerprint density at radius 3 is 2.74 bits per heavy atom. The van der Waals surface area contributed by atoms with E-state index in [1.165, 1.54) is 11.3 Å². The number of nitrogens with two attached hydrogens (primary N) is 1. The van der Waals surface area contributed by atoms with Crippen LogP contribution in [0.15, 0.2) is 18.5 Å². The van der Waals surface area contributed by atoms with Crippen LogP contribution in [0.4, 0.5) is 5.69 Å². The number of amides is 1. The molecule has 1 aliphatic heterocycles. The molecule has 1 fully saturated rings. The van der Waals surface area contributed by atoms with Gasteiger partial charge in [0.2, 0.25) is 0 Å². The van der Waals surface area contributed by atoms with Crippen molar-refractivity contribution in [1.82, 2.24) is 9.88 Å². The van der Waals surface area contributed by atoms with Gasteiger partial charge in [0.15, 0.2) is 0 Å². The molecule has 0 radical (unpaired) electrons. The summed E-state index contributed by atoms with van der Waals surface area (Å²) in [7, 11) is 0. The third kappa shape index (κ3) is 1.98. The van der Waals surface area contributed by atoms with E-state index in [0.29, 0.717) is 22.4 Å². The fourth-order valence-electron chi connectivity index (χ4n) is 2.57. The molecule has 3 heterocycles. The van der Waals surface area contributed by atoms with Crippen molar-refractivity contribution < 1.29 is 4.79 Å². The summed E-state index contributed by atoms with van der Waals surface area (Å²) in [5.74, 6) is 1.18. The summed E-state index contributed by atoms with van der Waals surface area (Å²) in [6, 6.07) is 1.87. The molecule has 0 saturated carbocycles. The van der Waals surface area contributed by atoms with E-state index in [0.717, 1.165) is 23.2 Å². The normalized spacial score (nSPS) is 23.2. The van der Waals surface area contributed by atoms with Crippen LogP contribution in [0.2, 0.25) is 0 Å². The largest absolute Gasteiger partial charge is 0.397 e. The van der Waals surface area contributed by atoms with Crippen LogP contribution in [0.5, 0.6) is 0 Å². The minimum atomic E-state index is 0.0647. The lowest BCUT2D eigenvalue weighted by atomic mass is 10.0. The predicted octanol–water partition coefficient (Wildman–Crippen LogP) is 2.61. The molecule has 1 aliphatic rings. The molecule has 0 aromatic carbocycles. The SMILES string of the molecule is CC1CN(C(=O)c2sc3cnccc3c2N)CC1C. The van der Waals surface area contributed by atoms with Crippen molar-refractivity contribution in [3.63, 3.8) is 0 Å². The van der Waals surface area contributed by atoms with Gasteiger partial charge in [-0.25, -0.2) is 0 Å². The molecule has 1 amide bonds. The van der Waals surface area contributed by atoms with E-state index in [9.17, 15) is 4.79 Å². The molecule has 2 aromatic heterocycles. The summed E-state index contributed by atoms with van der Waals surface area (Å²) < 4.78 is 0.976. The van der Waals surface area contributed by atoms with E-state index in [-0.39, 0.29) is 5.91 Å². The molecule has 0 aliphatic carbocycles. The summed E-state index contributed by atoms with van der Waals surface area (Å²) in [6.45, 7) is 6.03. The molecule has 0 spiro atoms. The predicted molar refractivity (Wildman–Crippen MR) is 78.3 cm³/mol. The standard InChI is InChI=1S/C14H17N3OS/c1-8-6-17(7-9(8)2)14(18)13-12(15)10-3-4-16-5-11(10)19-13/h3-5,8-9H,6-7,15H2,1-2H3. The zero-order valence-corrected chi connectivity index (χ0v) is 11.9. The molecule has 5 heteroatoms. The fourth-order valence-corrected chi connectivity index (χ4v) is 3.63. The van der Waals surface area contributed by atoms with Crippen molar-refractivity contribution >= 4 is 33.0 Å². The second kappa shape index (κ2) is 4.49. The lowest BCUT2D eigenvalue weighted by Crippen LogP contribution is -2.28. The zero-order valence-electron chi connectivity index (χ0n) is 11.1. The first-order valence-electron chi connectivity index (χ1n) is 6.49. The minimum Gasteiger partial charge on any atom is -0.397 e. The molecular formula is C14H17N3OS. The number of carbonyl (C=O) groups excluding carboxylic acids is 1. The Labute approximate surface area is 116 Å². The van der Waals surface area contributed by atoms with Gasteiger partial charge in [0.05, 0.1) is 10.4 Å². The average molecular weight is 275 g/mol. The molecule has 100 valence electrons. The molecule has 2 aromatic rings. The second-order valence-electron chi connectivity index (χ2n) is 5.38. The number of carbonyl (C=O) groups is 1. The van der Waals surface area contributed by atoms with Crippen LogP contribution < -0.4 is 5.73 Å². The number of anilines is 1. The van der Waals surface area contributed by atoms with Gasteiger partial charge < -0.3 is 10.6 Å². The molecular weight excluding hydrogens is 258 g/mol. The number of fused-ring (bicyclic) bond motifs is 1. The fraction of sp³-hybridized carbons (Fsp3) is 0.429. The highest BCUT2D eigenvalue weighted by atomic mass is 32.1. The smallest absolute Gasteiger partial charge is 0.266 e. The van der Waals surface area contributed by atoms with Crippen LogP contribution in [0.25, 0.3) is 10.1 Å². The molecule has 2 atom stereocenters. The number of likely N-dealkylation sites (tertiary alicyclic amines) is 1. The van der Waals surface area contributed by atoms with Gasteiger partial charge in [-0.05, 0) is 17.9 Å². The van der Waals surface area contributed by atoms with Gasteiger partial charge in [-0.2, -0.15) is 0 Å². The monoisotopic (exact) mass is 275 g/mol. The van der Waals surface area contributed by atoms with Crippen molar-refractivity contribution in [3.8, 4) is 0 Å². The molecule has 2 unspecified atom stereocenters. The van der Waals surface area contributed by atoms with E-state index < -0.39 is 0 Å². The van der Waals surface area contributed by atoms with Crippen LogP contribution >= 0.6 is 11.3 Å². The van der Waals surface area contributed by atoms with E-state index >= 15 is 0 Å². The van der Waals surface area contributed by atoms with Crippen molar-refractivity contribution in [2.45, 2.75) is 13.8 Å². The maximum Gasteiger partial charge on any atom is 0.266 e. The van der Waals surface area contributed by atoms with Gasteiger partial charge in [0.1, 0.15) is 4.88 Å². The number of hydrogen-bond donors (Lipinski definition) is 1. The summed E-state index contributed by atoms with van der Waals surface area (Å²) in [6.07, 6.45) is 3.47. The van der Waals surface area contributed by atoms with E-state index in [4.69, 9.17) is 5.73 Å². The van der Waals surface area contributed by atoms with Crippen LogP contribution in [0.1, 0.15) is 23.5 Å². The molecule has 1 saturated heterocycles. The number of pyridine rings is 1. The molecule has 3 rings (SSSR count). The number of hydrogen-bond acceptors (Lipinski definition) is 4. The topological polar surface area (TPSA) is 59.2 Å². The van der Waals surface area contributed by atoms with Crippen molar-refractivity contribution in [1.29, 1.82) is 0 Å². The third-order valence-electron chi connectivity index (χ3n) is 4.00. The van der Waals surface area contributed by atoms with Crippen LogP contribution in [-0.4, -0.2) is 28.9 Å². The van der Waals surface area contributed by atoms with Gasteiger partial charge in [0, 0.05) is 30.9 Å². The molecule has 4 nitrogen and oxygen atoms in total. The van der Waals surface area contributed by atoms with E-state index in [2.05, 4.69) is 18.8 Å². The molecule has 2 N–H and O–H groups in total. The number of nitrogens with zero attached hydrogens (tertiary/aromatic N) is 2. The summed E-state index contributed by atoms with van der Waals surface area (Å²) in [4.78, 5) is 19.2. The second-order valence-corrected chi connectivity index (χ2v) is 6.43. The van der Waals surface area contributed by atoms with Gasteiger partial charge in [-0.1, -0.05) is 13.8 Å². The molecule has 0 bridgehead atoms. The Kier molecular flexibility index (Phi) is 2.93. The van der Waals surface area contributed by atoms with Crippen molar-refractivity contribution in [3.05, 3.63) is 23.3 Å². The number of thiophene rings is 1. The lowest BCUT2D eigenvalue weighted by Gasteiger charge is -2.15. The zero-order chi connectivity index (χ0) is 13.6. The average Bonchev–Trinajstić information content (AvgIpc) is 2.91. The summed E-state index contributed by atoms with van der Waals surface area (Å²) in [5, 5.41) is 0.934. The van der Waals surface area contributed by atoms with Crippen molar-refractivity contribution in [2.75, 3.05) is 18.8 Å². The van der Waals surface area contributed by atoms with Gasteiger partial charge >= 0.3 is 0 Å². The maximum atomic E-state index is 12.6. The number of aromatic nitrogens is 1. The highest BCUT2D eigenvalue weighted by Gasteiger charge is 2.31. The molecule has 19 heavy (non-hydrogen) atoms. The van der Waals surface area contributed by atoms with Crippen LogP contribution in [0.3, 0.4) is 0 Å². The Morgan fingerprint density at radius 1 is 1.42 bits per heavy atom. The first-order valence-corrected chi connectivity index (χ1v) is 7.31. The Bertz CT molecular complexity index is 627. The highest BCUT2D eigenvalue weighted by Crippen LogP contribution is 2.35. The third-order valence-corrected chi connectivity index (χ3v) is 5.14. The minimum absolute atomic E-state index is 0.0647. The Morgan fingerprint density at radius 2 is 2.11 bits per heavy atom. The number of nitrogen functional groups attached to an aromatic ring is 1. The van der Waals surface area contributed by atoms with Gasteiger partial charge in [-0.15, -0.1) is 11.3 Å². The first kappa shape index (κ1) is 12.4. The van der Waals surface area contributed by atoms with Crippen molar-refractivity contribution in [2.24, 2.45) is 11.8 Å². The lowest BCUT2D eigenvalue weighted by molar-refractivity contribution is 0.0791. The van der Waals surface area contributed by atoms with Gasteiger partial charge in [0.25, 0.3) is 5.91 Å². The Balaban J connectivity index is 1.96. The maximum absolute atomic E-state index is 12.6. The van der Waals surface area contributed by atoms with E-state index in [1.54, 1.807) is 12.4 Å². The Hall–Kier alpha value is -1.62. The summed E-state index contributed by atoms with van der Waals surface area (Å²) >= 11 is 1.44. The highest BCUT2D eigenvalue weighted by molar-refractivity contribution is 7.21. The quantitative estimate of drug-likeness (QED) is 0.870. The first-order chi connectivity index (χ1) is 9.08. The number of rotatable bonds is 1. The summed E-state index contributed by atoms with van der Waals surface area (Å²) in [5.41, 5.74) is 6.71. The van der Waals surface area contributed by atoms with E-state index in [1.807, 2.05) is 11.0 Å². The van der Waals surface area contributed by atoms with Gasteiger partial charge in [-0.3, -0.25) is 9.78 Å². The van der Waals surface area contributed by atoms with Crippen LogP contribution in [0, 0.1) is 11.8 Å².